The Labute approximate surface area is 190 Å². The summed E-state index contributed by atoms with van der Waals surface area (Å²) in [6.07, 6.45) is 3.64. The highest BCUT2D eigenvalue weighted by Crippen LogP contribution is 2.17. The number of pyridine rings is 2. The third kappa shape index (κ3) is 5.16. The molecule has 1 aliphatic heterocycles. The van der Waals surface area contributed by atoms with Gasteiger partial charge in [-0.25, -0.2) is 4.98 Å². The number of anilines is 1. The molecule has 0 aliphatic carbocycles. The fraction of sp³-hybridized carbons (Fsp3) is 0.400. The lowest BCUT2D eigenvalue weighted by atomic mass is 10.2. The molecule has 4 heterocycles. The van der Waals surface area contributed by atoms with Crippen molar-refractivity contribution in [1.82, 2.24) is 24.8 Å². The van der Waals surface area contributed by atoms with E-state index in [1.807, 2.05) is 56.4 Å². The predicted octanol–water partition coefficient (Wildman–Crippen LogP) is 2.88. The number of nitrogens with zero attached hydrogens (tertiary/aromatic N) is 5. The van der Waals surface area contributed by atoms with E-state index < -0.39 is 0 Å². The average Bonchev–Trinajstić information content (AvgIpc) is 3.09. The minimum absolute atomic E-state index is 0.00927. The minimum Gasteiger partial charge on any atom is -0.354 e. The molecule has 1 fully saturated rings. The van der Waals surface area contributed by atoms with Gasteiger partial charge in [0.1, 0.15) is 5.82 Å². The van der Waals surface area contributed by atoms with Crippen molar-refractivity contribution < 1.29 is 4.79 Å². The van der Waals surface area contributed by atoms with Crippen LogP contribution < -0.4 is 10.2 Å². The van der Waals surface area contributed by atoms with Crippen molar-refractivity contribution in [1.29, 1.82) is 0 Å². The van der Waals surface area contributed by atoms with Crippen LogP contribution in [0.5, 0.6) is 0 Å². The zero-order chi connectivity index (χ0) is 22.5. The average molecular weight is 433 g/mol. The quantitative estimate of drug-likeness (QED) is 0.622. The van der Waals surface area contributed by atoms with Gasteiger partial charge in [-0.15, -0.1) is 0 Å². The summed E-state index contributed by atoms with van der Waals surface area (Å²) < 4.78 is 2.15. The summed E-state index contributed by atoms with van der Waals surface area (Å²) >= 11 is 0. The van der Waals surface area contributed by atoms with Gasteiger partial charge in [-0.2, -0.15) is 0 Å². The largest absolute Gasteiger partial charge is 0.354 e. The van der Waals surface area contributed by atoms with E-state index in [2.05, 4.69) is 42.6 Å². The molecular formula is C25H32N6O. The van der Waals surface area contributed by atoms with E-state index in [1.54, 1.807) is 6.20 Å². The number of aromatic nitrogens is 3. The van der Waals surface area contributed by atoms with Gasteiger partial charge in [0.2, 0.25) is 0 Å². The maximum absolute atomic E-state index is 13.0. The molecule has 0 radical (unpaired) electrons. The normalized spacial score (nSPS) is 15.5. The van der Waals surface area contributed by atoms with Gasteiger partial charge < -0.3 is 14.8 Å². The van der Waals surface area contributed by atoms with Gasteiger partial charge in [0.15, 0.2) is 0 Å². The molecule has 0 saturated carbocycles. The molecule has 0 spiro atoms. The first kappa shape index (κ1) is 22.0. The molecular weight excluding hydrogens is 400 g/mol. The molecule has 1 N–H and O–H groups in total. The third-order valence-corrected chi connectivity index (χ3v) is 6.12. The Kier molecular flexibility index (Phi) is 6.85. The Morgan fingerprint density at radius 1 is 1.03 bits per heavy atom. The second kappa shape index (κ2) is 9.96. The standard InChI is InChI=1S/C25H32N6O/c1-19(17-29-12-14-30(15-13-29)24-9-5-7-11-27-24)28-25(32)23-16-20(2)31(21(23)3)18-22-8-4-6-10-26-22/h4-11,16,19H,12-15,17-18H2,1-3H3,(H,28,32). The van der Waals surface area contributed by atoms with Crippen LogP contribution in [0.3, 0.4) is 0 Å². The highest BCUT2D eigenvalue weighted by Gasteiger charge is 2.22. The second-order valence-corrected chi connectivity index (χ2v) is 8.54. The lowest BCUT2D eigenvalue weighted by Crippen LogP contribution is -2.51. The molecule has 1 atom stereocenters. The second-order valence-electron chi connectivity index (χ2n) is 8.54. The topological polar surface area (TPSA) is 66.3 Å². The van der Waals surface area contributed by atoms with Gasteiger partial charge in [-0.3, -0.25) is 14.7 Å². The van der Waals surface area contributed by atoms with Crippen molar-refractivity contribution >= 4 is 11.7 Å². The van der Waals surface area contributed by atoms with Gasteiger partial charge in [-0.1, -0.05) is 12.1 Å². The monoisotopic (exact) mass is 432 g/mol. The van der Waals surface area contributed by atoms with Crippen LogP contribution in [0.4, 0.5) is 5.82 Å². The summed E-state index contributed by atoms with van der Waals surface area (Å²) in [7, 11) is 0. The number of hydrogen-bond donors (Lipinski definition) is 1. The van der Waals surface area contributed by atoms with Gasteiger partial charge in [0.25, 0.3) is 5.91 Å². The van der Waals surface area contributed by atoms with E-state index in [9.17, 15) is 4.79 Å². The highest BCUT2D eigenvalue weighted by molar-refractivity contribution is 5.95. The summed E-state index contributed by atoms with van der Waals surface area (Å²) in [6, 6.07) is 14.0. The predicted molar refractivity (Wildman–Crippen MR) is 127 cm³/mol. The molecule has 168 valence electrons. The summed E-state index contributed by atoms with van der Waals surface area (Å²) in [4.78, 5) is 26.6. The van der Waals surface area contributed by atoms with Crippen LogP contribution in [0.2, 0.25) is 0 Å². The molecule has 3 aromatic rings. The molecule has 7 heteroatoms. The molecule has 4 rings (SSSR count). The third-order valence-electron chi connectivity index (χ3n) is 6.12. The molecule has 0 bridgehead atoms. The Bertz CT molecular complexity index is 1030. The number of carbonyl (C=O) groups excluding carboxylic acids is 1. The van der Waals surface area contributed by atoms with Crippen molar-refractivity contribution in [2.24, 2.45) is 0 Å². The van der Waals surface area contributed by atoms with E-state index >= 15 is 0 Å². The number of nitrogens with one attached hydrogen (secondary N) is 1. The van der Waals surface area contributed by atoms with Gasteiger partial charge in [-0.05, 0) is 51.1 Å². The molecule has 1 aliphatic rings. The van der Waals surface area contributed by atoms with Crippen LogP contribution in [0.15, 0.2) is 54.9 Å². The molecule has 3 aromatic heterocycles. The smallest absolute Gasteiger partial charge is 0.253 e. The summed E-state index contributed by atoms with van der Waals surface area (Å²) in [5.41, 5.74) is 3.77. The van der Waals surface area contributed by atoms with Crippen molar-refractivity contribution in [3.05, 3.63) is 77.5 Å². The lowest BCUT2D eigenvalue weighted by Gasteiger charge is -2.36. The maximum atomic E-state index is 13.0. The van der Waals surface area contributed by atoms with E-state index in [4.69, 9.17) is 0 Å². The number of rotatable bonds is 7. The van der Waals surface area contributed by atoms with E-state index in [-0.39, 0.29) is 11.9 Å². The molecule has 1 unspecified atom stereocenters. The molecule has 1 saturated heterocycles. The highest BCUT2D eigenvalue weighted by atomic mass is 16.1. The number of aryl methyl sites for hydroxylation is 1. The first-order chi connectivity index (χ1) is 15.5. The number of hydrogen-bond acceptors (Lipinski definition) is 5. The van der Waals surface area contributed by atoms with Gasteiger partial charge in [0, 0.05) is 62.5 Å². The molecule has 32 heavy (non-hydrogen) atoms. The Morgan fingerprint density at radius 2 is 1.75 bits per heavy atom. The first-order valence-corrected chi connectivity index (χ1v) is 11.3. The van der Waals surface area contributed by atoms with Crippen LogP contribution in [0, 0.1) is 13.8 Å². The van der Waals surface area contributed by atoms with Gasteiger partial charge in [0.05, 0.1) is 17.8 Å². The van der Waals surface area contributed by atoms with Gasteiger partial charge >= 0.3 is 0 Å². The molecule has 0 aromatic carbocycles. The first-order valence-electron chi connectivity index (χ1n) is 11.3. The number of carbonyl (C=O) groups is 1. The van der Waals surface area contributed by atoms with Crippen molar-refractivity contribution in [3.8, 4) is 0 Å². The van der Waals surface area contributed by atoms with Crippen LogP contribution in [0.25, 0.3) is 0 Å². The summed E-state index contributed by atoms with van der Waals surface area (Å²) in [5, 5.41) is 3.20. The maximum Gasteiger partial charge on any atom is 0.253 e. The van der Waals surface area contributed by atoms with E-state index in [1.165, 1.54) is 0 Å². The van der Waals surface area contributed by atoms with Crippen LogP contribution in [-0.4, -0.2) is 64.1 Å². The number of piperazine rings is 1. The van der Waals surface area contributed by atoms with Crippen LogP contribution in [0.1, 0.15) is 34.4 Å². The van der Waals surface area contributed by atoms with Crippen molar-refractivity contribution in [2.75, 3.05) is 37.6 Å². The van der Waals surface area contributed by atoms with Crippen molar-refractivity contribution in [2.45, 2.75) is 33.4 Å². The molecule has 1 amide bonds. The zero-order valence-corrected chi connectivity index (χ0v) is 19.2. The zero-order valence-electron chi connectivity index (χ0n) is 19.2. The minimum atomic E-state index is -0.00927. The van der Waals surface area contributed by atoms with Crippen molar-refractivity contribution in [3.63, 3.8) is 0 Å². The van der Waals surface area contributed by atoms with Crippen LogP contribution in [-0.2, 0) is 6.54 Å². The SMILES string of the molecule is Cc1cc(C(=O)NC(C)CN2CCN(c3ccccn3)CC2)c(C)n1Cc1ccccn1. The Balaban J connectivity index is 1.31. The van der Waals surface area contributed by atoms with E-state index in [0.29, 0.717) is 6.54 Å². The summed E-state index contributed by atoms with van der Waals surface area (Å²) in [6.45, 7) is 11.5. The summed E-state index contributed by atoms with van der Waals surface area (Å²) in [5.74, 6) is 1.03. The fourth-order valence-corrected chi connectivity index (χ4v) is 4.36. The van der Waals surface area contributed by atoms with E-state index in [0.717, 1.165) is 61.2 Å². The molecule has 7 nitrogen and oxygen atoms in total. The Hall–Kier alpha value is -3.19. The fourth-order valence-electron chi connectivity index (χ4n) is 4.36. The lowest BCUT2D eigenvalue weighted by molar-refractivity contribution is 0.0927. The van der Waals surface area contributed by atoms with Crippen LogP contribution >= 0.6 is 0 Å². The Morgan fingerprint density at radius 3 is 2.41 bits per heavy atom. The number of amides is 1.